The Morgan fingerprint density at radius 3 is 1.68 bits per heavy atom. The van der Waals surface area contributed by atoms with E-state index in [1.54, 1.807) is 0 Å². The number of rotatable bonds is 30. The molecule has 2 N–H and O–H groups in total. The van der Waals surface area contributed by atoms with Crippen LogP contribution in [0.5, 0.6) is 0 Å². The van der Waals surface area contributed by atoms with Gasteiger partial charge in [0.25, 0.3) is 0 Å². The third-order valence-electron chi connectivity index (χ3n) is 7.42. The summed E-state index contributed by atoms with van der Waals surface area (Å²) in [5.74, 6) is -1.33. The number of ether oxygens (including phenoxy) is 1. The molecule has 0 fully saturated rings. The Morgan fingerprint density at radius 1 is 0.650 bits per heavy atom. The van der Waals surface area contributed by atoms with Crippen LogP contribution < -0.4 is 5.32 Å². The second-order valence-corrected chi connectivity index (χ2v) is 11.4. The maximum absolute atomic E-state index is 12.5. The number of carbonyl (C=O) groups is 3. The fraction of sp³-hybridized carbons (Fsp3) is 0.853. The van der Waals surface area contributed by atoms with Gasteiger partial charge in [-0.1, -0.05) is 129 Å². The summed E-state index contributed by atoms with van der Waals surface area (Å²) in [6.07, 6.45) is 32.1. The van der Waals surface area contributed by atoms with Gasteiger partial charge in [-0.15, -0.1) is 0 Å². The third-order valence-corrected chi connectivity index (χ3v) is 7.42. The number of nitrogens with one attached hydrogen (secondary N) is 1. The molecule has 0 aliphatic heterocycles. The van der Waals surface area contributed by atoms with E-state index in [1.165, 1.54) is 89.9 Å². The van der Waals surface area contributed by atoms with Crippen LogP contribution in [0.1, 0.15) is 174 Å². The number of unbranched alkanes of at least 4 members (excludes halogenated alkanes) is 19. The van der Waals surface area contributed by atoms with Crippen molar-refractivity contribution in [1.29, 1.82) is 0 Å². The average Bonchev–Trinajstić information content (AvgIpc) is 2.93. The monoisotopic (exact) mass is 565 g/mol. The van der Waals surface area contributed by atoms with Crippen LogP contribution in [0.2, 0.25) is 0 Å². The standard InChI is InChI=1S/C34H63NO5/c1-3-5-7-9-10-11-12-13-14-15-16-17-19-25-29-34(39)40-31(26-22-18-8-6-4-2)27-23-20-21-24-28-32(36)35-30-33(37)38/h22,26,31H,3-21,23-25,27-30H2,1-2H3,(H,35,36)(H,37,38)/b26-22-. The molecule has 0 heterocycles. The SMILES string of the molecule is CCCCC/C=C\C(CCCCCCC(=O)NCC(=O)O)OC(=O)CCCCCCCCCCCCCCCC. The summed E-state index contributed by atoms with van der Waals surface area (Å²) in [7, 11) is 0. The van der Waals surface area contributed by atoms with Gasteiger partial charge in [0.15, 0.2) is 0 Å². The van der Waals surface area contributed by atoms with Gasteiger partial charge >= 0.3 is 11.9 Å². The lowest BCUT2D eigenvalue weighted by molar-refractivity contribution is -0.147. The highest BCUT2D eigenvalue weighted by Gasteiger charge is 2.12. The van der Waals surface area contributed by atoms with Crippen molar-refractivity contribution in [2.24, 2.45) is 0 Å². The van der Waals surface area contributed by atoms with Crippen LogP contribution in [0, 0.1) is 0 Å². The van der Waals surface area contributed by atoms with Gasteiger partial charge in [0.2, 0.25) is 5.91 Å². The van der Waals surface area contributed by atoms with Crippen molar-refractivity contribution >= 4 is 17.8 Å². The second-order valence-electron chi connectivity index (χ2n) is 11.4. The van der Waals surface area contributed by atoms with Crippen LogP contribution in [-0.4, -0.2) is 35.6 Å². The van der Waals surface area contributed by atoms with E-state index in [0.717, 1.165) is 57.8 Å². The van der Waals surface area contributed by atoms with Crippen molar-refractivity contribution in [1.82, 2.24) is 5.32 Å². The lowest BCUT2D eigenvalue weighted by Crippen LogP contribution is -2.28. The summed E-state index contributed by atoms with van der Waals surface area (Å²) in [5.41, 5.74) is 0. The molecule has 0 aromatic carbocycles. The molecule has 40 heavy (non-hydrogen) atoms. The molecular formula is C34H63NO5. The summed E-state index contributed by atoms with van der Waals surface area (Å²) in [5, 5.41) is 11.0. The zero-order chi connectivity index (χ0) is 29.5. The Labute approximate surface area is 246 Å². The Hall–Kier alpha value is -1.85. The number of amides is 1. The molecule has 0 aliphatic carbocycles. The minimum absolute atomic E-state index is 0.0859. The molecule has 0 aromatic rings. The van der Waals surface area contributed by atoms with E-state index >= 15 is 0 Å². The summed E-state index contributed by atoms with van der Waals surface area (Å²) < 4.78 is 5.82. The Morgan fingerprint density at radius 2 is 1.12 bits per heavy atom. The van der Waals surface area contributed by atoms with E-state index in [1.807, 2.05) is 0 Å². The lowest BCUT2D eigenvalue weighted by atomic mass is 10.0. The number of carboxylic acids is 1. The van der Waals surface area contributed by atoms with Crippen LogP contribution in [-0.2, 0) is 19.1 Å². The quantitative estimate of drug-likeness (QED) is 0.0514. The molecule has 0 saturated carbocycles. The van der Waals surface area contributed by atoms with Gasteiger partial charge in [0.1, 0.15) is 12.6 Å². The van der Waals surface area contributed by atoms with Crippen molar-refractivity contribution in [3.63, 3.8) is 0 Å². The first-order valence-corrected chi connectivity index (χ1v) is 16.8. The molecule has 0 rings (SSSR count). The smallest absolute Gasteiger partial charge is 0.322 e. The van der Waals surface area contributed by atoms with Gasteiger partial charge < -0.3 is 15.2 Å². The predicted octanol–water partition coefficient (Wildman–Crippen LogP) is 9.45. The van der Waals surface area contributed by atoms with Crippen molar-refractivity contribution < 1.29 is 24.2 Å². The molecule has 0 saturated heterocycles. The second kappa shape index (κ2) is 30.1. The minimum atomic E-state index is -1.03. The highest BCUT2D eigenvalue weighted by atomic mass is 16.5. The number of carboxylic acid groups (broad SMARTS) is 1. The number of esters is 1. The first-order valence-electron chi connectivity index (χ1n) is 16.8. The zero-order valence-electron chi connectivity index (χ0n) is 26.2. The van der Waals surface area contributed by atoms with E-state index in [0.29, 0.717) is 12.8 Å². The van der Waals surface area contributed by atoms with Gasteiger partial charge in [-0.2, -0.15) is 0 Å². The predicted molar refractivity (Wildman–Crippen MR) is 166 cm³/mol. The Bertz CT molecular complexity index is 634. The first kappa shape index (κ1) is 38.1. The van der Waals surface area contributed by atoms with Gasteiger partial charge in [-0.25, -0.2) is 0 Å². The molecule has 0 bridgehead atoms. The number of carbonyl (C=O) groups excluding carboxylic acids is 2. The molecule has 0 spiro atoms. The van der Waals surface area contributed by atoms with Crippen LogP contribution >= 0.6 is 0 Å². The topological polar surface area (TPSA) is 92.7 Å². The molecule has 234 valence electrons. The molecule has 0 aromatic heterocycles. The van der Waals surface area contributed by atoms with Crippen molar-refractivity contribution in [3.05, 3.63) is 12.2 Å². The summed E-state index contributed by atoms with van der Waals surface area (Å²) in [6, 6.07) is 0. The number of allylic oxidation sites excluding steroid dienone is 1. The van der Waals surface area contributed by atoms with Crippen molar-refractivity contribution in [3.8, 4) is 0 Å². The van der Waals surface area contributed by atoms with E-state index < -0.39 is 5.97 Å². The molecule has 6 heteroatoms. The highest BCUT2D eigenvalue weighted by molar-refractivity contribution is 5.80. The average molecular weight is 566 g/mol. The third kappa shape index (κ3) is 29.1. The van der Waals surface area contributed by atoms with Crippen LogP contribution in [0.3, 0.4) is 0 Å². The number of hydrogen-bond acceptors (Lipinski definition) is 4. The number of aliphatic carboxylic acids is 1. The van der Waals surface area contributed by atoms with Gasteiger partial charge in [-0.05, 0) is 44.6 Å². The minimum Gasteiger partial charge on any atom is -0.480 e. The summed E-state index contributed by atoms with van der Waals surface area (Å²) in [4.78, 5) is 34.6. The van der Waals surface area contributed by atoms with Crippen molar-refractivity contribution in [2.75, 3.05) is 6.54 Å². The summed E-state index contributed by atoms with van der Waals surface area (Å²) >= 11 is 0. The molecule has 6 nitrogen and oxygen atoms in total. The van der Waals surface area contributed by atoms with E-state index in [2.05, 4.69) is 31.3 Å². The van der Waals surface area contributed by atoms with E-state index in [4.69, 9.17) is 9.84 Å². The van der Waals surface area contributed by atoms with Gasteiger partial charge in [0.05, 0.1) is 0 Å². The Kier molecular flexibility index (Phi) is 28.7. The zero-order valence-corrected chi connectivity index (χ0v) is 26.2. The largest absolute Gasteiger partial charge is 0.480 e. The van der Waals surface area contributed by atoms with Gasteiger partial charge in [-0.3, -0.25) is 14.4 Å². The summed E-state index contributed by atoms with van der Waals surface area (Å²) in [6.45, 7) is 4.14. The Balaban J connectivity index is 3.98. The normalized spacial score (nSPS) is 12.1. The molecule has 1 atom stereocenters. The molecular weight excluding hydrogens is 502 g/mol. The van der Waals surface area contributed by atoms with E-state index in [9.17, 15) is 14.4 Å². The first-order chi connectivity index (χ1) is 19.5. The van der Waals surface area contributed by atoms with E-state index in [-0.39, 0.29) is 24.5 Å². The lowest BCUT2D eigenvalue weighted by Gasteiger charge is -2.15. The van der Waals surface area contributed by atoms with Crippen molar-refractivity contribution in [2.45, 2.75) is 180 Å². The van der Waals surface area contributed by atoms with Gasteiger partial charge in [0, 0.05) is 12.8 Å². The number of hydrogen-bond donors (Lipinski definition) is 2. The fourth-order valence-corrected chi connectivity index (χ4v) is 4.89. The van der Waals surface area contributed by atoms with Crippen LogP contribution in [0.25, 0.3) is 0 Å². The fourth-order valence-electron chi connectivity index (χ4n) is 4.89. The highest BCUT2D eigenvalue weighted by Crippen LogP contribution is 2.16. The maximum atomic E-state index is 12.5. The molecule has 1 amide bonds. The van der Waals surface area contributed by atoms with Crippen LogP contribution in [0.4, 0.5) is 0 Å². The molecule has 0 aliphatic rings. The van der Waals surface area contributed by atoms with Crippen LogP contribution in [0.15, 0.2) is 12.2 Å². The molecule has 0 radical (unpaired) electrons. The molecule has 1 unspecified atom stereocenters. The maximum Gasteiger partial charge on any atom is 0.322 e.